The van der Waals surface area contributed by atoms with Gasteiger partial charge in [0, 0.05) is 13.1 Å². The molecule has 1 unspecified atom stereocenters. The number of rotatable bonds is 2. The van der Waals surface area contributed by atoms with Crippen LogP contribution in [0.5, 0.6) is 0 Å². The molecule has 0 aliphatic carbocycles. The maximum Gasteiger partial charge on any atom is 0.326 e. The van der Waals surface area contributed by atoms with E-state index in [9.17, 15) is 9.18 Å². The molecule has 0 radical (unpaired) electrons. The van der Waals surface area contributed by atoms with Crippen molar-refractivity contribution in [2.45, 2.75) is 13.0 Å². The van der Waals surface area contributed by atoms with Gasteiger partial charge in [0.2, 0.25) is 0 Å². The SMILES string of the molecule is CN1CCC(Cn2c(=O)[nH]c3ccc(F)cc32)C1. The van der Waals surface area contributed by atoms with Crippen molar-refractivity contribution in [3.8, 4) is 0 Å². The van der Waals surface area contributed by atoms with Gasteiger partial charge in [-0.3, -0.25) is 4.57 Å². The molecule has 2 heterocycles. The monoisotopic (exact) mass is 249 g/mol. The minimum atomic E-state index is -0.307. The van der Waals surface area contributed by atoms with E-state index in [4.69, 9.17) is 0 Å². The highest BCUT2D eigenvalue weighted by atomic mass is 19.1. The fourth-order valence-corrected chi connectivity index (χ4v) is 2.74. The summed E-state index contributed by atoms with van der Waals surface area (Å²) >= 11 is 0. The van der Waals surface area contributed by atoms with Gasteiger partial charge in [0.05, 0.1) is 11.0 Å². The second kappa shape index (κ2) is 4.24. The Morgan fingerprint density at radius 3 is 3.06 bits per heavy atom. The number of aromatic amines is 1. The second-order valence-electron chi connectivity index (χ2n) is 5.12. The molecule has 0 saturated carbocycles. The molecule has 1 atom stereocenters. The molecule has 1 aliphatic heterocycles. The lowest BCUT2D eigenvalue weighted by atomic mass is 10.1. The van der Waals surface area contributed by atoms with Crippen molar-refractivity contribution in [2.24, 2.45) is 5.92 Å². The van der Waals surface area contributed by atoms with E-state index in [1.165, 1.54) is 12.1 Å². The first-order chi connectivity index (χ1) is 8.63. The predicted octanol–water partition coefficient (Wildman–Crippen LogP) is 1.42. The predicted molar refractivity (Wildman–Crippen MR) is 68.1 cm³/mol. The van der Waals surface area contributed by atoms with Crippen molar-refractivity contribution in [3.63, 3.8) is 0 Å². The molecule has 1 aromatic carbocycles. The van der Waals surface area contributed by atoms with E-state index in [0.29, 0.717) is 23.5 Å². The molecule has 1 saturated heterocycles. The topological polar surface area (TPSA) is 41.0 Å². The van der Waals surface area contributed by atoms with Crippen LogP contribution in [0, 0.1) is 11.7 Å². The van der Waals surface area contributed by atoms with E-state index < -0.39 is 0 Å². The van der Waals surface area contributed by atoms with E-state index in [0.717, 1.165) is 19.5 Å². The minimum Gasteiger partial charge on any atom is -0.306 e. The van der Waals surface area contributed by atoms with Gasteiger partial charge >= 0.3 is 5.69 Å². The van der Waals surface area contributed by atoms with E-state index in [2.05, 4.69) is 16.9 Å². The number of H-pyrrole nitrogens is 1. The third kappa shape index (κ3) is 1.95. The number of benzene rings is 1. The Kier molecular flexibility index (Phi) is 2.70. The number of hydrogen-bond acceptors (Lipinski definition) is 2. The van der Waals surface area contributed by atoms with Crippen LogP contribution < -0.4 is 5.69 Å². The molecule has 1 N–H and O–H groups in total. The highest BCUT2D eigenvalue weighted by Crippen LogP contribution is 2.19. The van der Waals surface area contributed by atoms with Gasteiger partial charge in [0.1, 0.15) is 5.82 Å². The van der Waals surface area contributed by atoms with Crippen molar-refractivity contribution < 1.29 is 4.39 Å². The van der Waals surface area contributed by atoms with Crippen LogP contribution in [0.15, 0.2) is 23.0 Å². The Morgan fingerprint density at radius 2 is 2.33 bits per heavy atom. The Morgan fingerprint density at radius 1 is 1.50 bits per heavy atom. The molecular formula is C13H16FN3O. The molecule has 3 rings (SSSR count). The molecule has 0 amide bonds. The number of likely N-dealkylation sites (tertiary alicyclic amines) is 1. The summed E-state index contributed by atoms with van der Waals surface area (Å²) in [7, 11) is 2.08. The highest BCUT2D eigenvalue weighted by molar-refractivity contribution is 5.75. The number of hydrogen-bond donors (Lipinski definition) is 1. The Bertz CT molecular complexity index is 631. The normalized spacial score (nSPS) is 20.9. The third-order valence-electron chi connectivity index (χ3n) is 3.67. The van der Waals surface area contributed by atoms with Crippen LogP contribution in [0.4, 0.5) is 4.39 Å². The van der Waals surface area contributed by atoms with Gasteiger partial charge in [0.15, 0.2) is 0 Å². The number of nitrogens with one attached hydrogen (secondary N) is 1. The zero-order valence-corrected chi connectivity index (χ0v) is 10.3. The van der Waals surface area contributed by atoms with Crippen LogP contribution in [0.25, 0.3) is 11.0 Å². The van der Waals surface area contributed by atoms with Crippen molar-refractivity contribution in [3.05, 3.63) is 34.5 Å². The lowest BCUT2D eigenvalue weighted by Gasteiger charge is -2.11. The molecule has 18 heavy (non-hydrogen) atoms. The molecule has 5 heteroatoms. The summed E-state index contributed by atoms with van der Waals surface area (Å²) in [5, 5.41) is 0. The zero-order chi connectivity index (χ0) is 12.7. The summed E-state index contributed by atoms with van der Waals surface area (Å²) in [5.74, 6) is 0.161. The summed E-state index contributed by atoms with van der Waals surface area (Å²) < 4.78 is 14.9. The number of nitrogens with zero attached hydrogens (tertiary/aromatic N) is 2. The molecule has 96 valence electrons. The van der Waals surface area contributed by atoms with Crippen LogP contribution >= 0.6 is 0 Å². The molecular weight excluding hydrogens is 233 g/mol. The molecule has 2 aromatic rings. The van der Waals surface area contributed by atoms with Gasteiger partial charge in [-0.25, -0.2) is 9.18 Å². The van der Waals surface area contributed by atoms with E-state index in [-0.39, 0.29) is 11.5 Å². The first-order valence-electron chi connectivity index (χ1n) is 6.20. The second-order valence-corrected chi connectivity index (χ2v) is 5.12. The van der Waals surface area contributed by atoms with Gasteiger partial charge in [-0.05, 0) is 44.1 Å². The maximum atomic E-state index is 13.3. The first kappa shape index (κ1) is 11.5. The average molecular weight is 249 g/mol. The quantitative estimate of drug-likeness (QED) is 0.874. The summed E-state index contributed by atoms with van der Waals surface area (Å²) in [6, 6.07) is 4.40. The fourth-order valence-electron chi connectivity index (χ4n) is 2.74. The molecule has 1 aromatic heterocycles. The number of imidazole rings is 1. The van der Waals surface area contributed by atoms with Crippen LogP contribution in [-0.4, -0.2) is 34.6 Å². The molecule has 4 nitrogen and oxygen atoms in total. The van der Waals surface area contributed by atoms with Gasteiger partial charge in [-0.2, -0.15) is 0 Å². The van der Waals surface area contributed by atoms with Gasteiger partial charge in [-0.1, -0.05) is 0 Å². The van der Waals surface area contributed by atoms with E-state index >= 15 is 0 Å². The maximum absolute atomic E-state index is 13.3. The average Bonchev–Trinajstić information content (AvgIpc) is 2.86. The van der Waals surface area contributed by atoms with Crippen LogP contribution in [0.2, 0.25) is 0 Å². The molecule has 1 aliphatic rings. The lowest BCUT2D eigenvalue weighted by Crippen LogP contribution is -2.23. The summed E-state index contributed by atoms with van der Waals surface area (Å²) in [6.45, 7) is 2.72. The van der Waals surface area contributed by atoms with E-state index in [1.54, 1.807) is 10.6 Å². The third-order valence-corrected chi connectivity index (χ3v) is 3.67. The number of halogens is 1. The smallest absolute Gasteiger partial charge is 0.306 e. The Hall–Kier alpha value is -1.62. The van der Waals surface area contributed by atoms with E-state index in [1.807, 2.05) is 0 Å². The Labute approximate surface area is 104 Å². The van der Waals surface area contributed by atoms with Crippen LogP contribution in [-0.2, 0) is 6.54 Å². The summed E-state index contributed by atoms with van der Waals surface area (Å²) in [4.78, 5) is 16.9. The Balaban J connectivity index is 1.98. The first-order valence-corrected chi connectivity index (χ1v) is 6.20. The standard InChI is InChI=1S/C13H16FN3O/c1-16-5-4-9(7-16)8-17-12-6-10(14)2-3-11(12)15-13(17)18/h2-3,6,9H,4-5,7-8H2,1H3,(H,15,18). The summed E-state index contributed by atoms with van der Waals surface area (Å²) in [6.07, 6.45) is 1.09. The zero-order valence-electron chi connectivity index (χ0n) is 10.3. The fraction of sp³-hybridized carbons (Fsp3) is 0.462. The molecule has 0 spiro atoms. The van der Waals surface area contributed by atoms with Crippen molar-refractivity contribution in [2.75, 3.05) is 20.1 Å². The van der Waals surface area contributed by atoms with Crippen LogP contribution in [0.1, 0.15) is 6.42 Å². The lowest BCUT2D eigenvalue weighted by molar-refractivity contribution is 0.378. The van der Waals surface area contributed by atoms with Gasteiger partial charge in [-0.15, -0.1) is 0 Å². The number of aromatic nitrogens is 2. The van der Waals surface area contributed by atoms with Crippen molar-refractivity contribution >= 4 is 11.0 Å². The summed E-state index contributed by atoms with van der Waals surface area (Å²) in [5.41, 5.74) is 1.22. The van der Waals surface area contributed by atoms with Gasteiger partial charge in [0.25, 0.3) is 0 Å². The molecule has 0 bridgehead atoms. The largest absolute Gasteiger partial charge is 0.326 e. The molecule has 1 fully saturated rings. The van der Waals surface area contributed by atoms with Crippen molar-refractivity contribution in [1.82, 2.24) is 14.5 Å². The highest BCUT2D eigenvalue weighted by Gasteiger charge is 2.21. The van der Waals surface area contributed by atoms with Gasteiger partial charge < -0.3 is 9.88 Å². The van der Waals surface area contributed by atoms with Crippen LogP contribution in [0.3, 0.4) is 0 Å². The minimum absolute atomic E-state index is 0.148. The van der Waals surface area contributed by atoms with Crippen molar-refractivity contribution in [1.29, 1.82) is 0 Å². The number of fused-ring (bicyclic) bond motifs is 1.